The molecule has 0 aliphatic heterocycles. The molecule has 132 valence electrons. The molecule has 0 amide bonds. The highest BCUT2D eigenvalue weighted by atomic mass is 32.2. The summed E-state index contributed by atoms with van der Waals surface area (Å²) in [4.78, 5) is 19.1. The van der Waals surface area contributed by atoms with Crippen LogP contribution in [0, 0.1) is 6.92 Å². The van der Waals surface area contributed by atoms with Gasteiger partial charge in [0, 0.05) is 17.5 Å². The first kappa shape index (κ1) is 16.7. The maximum atomic E-state index is 11.5. The van der Waals surface area contributed by atoms with Crippen LogP contribution >= 0.6 is 11.8 Å². The van der Waals surface area contributed by atoms with E-state index in [0.29, 0.717) is 16.5 Å². The van der Waals surface area contributed by atoms with E-state index in [2.05, 4.69) is 9.97 Å². The fourth-order valence-electron chi connectivity index (χ4n) is 2.71. The minimum Gasteiger partial charge on any atom is -0.490 e. The molecule has 7 heteroatoms. The monoisotopic (exact) mass is 368 g/mol. The SMILES string of the molecule is Cc1cc(=O)oc2cc(OCC(O)Sc3nc4ccccc4[nH]3)ccc12. The molecule has 1 unspecified atom stereocenters. The lowest BCUT2D eigenvalue weighted by Crippen LogP contribution is -2.13. The van der Waals surface area contributed by atoms with Crippen LogP contribution < -0.4 is 10.4 Å². The number of benzene rings is 2. The minimum absolute atomic E-state index is 0.0727. The molecule has 26 heavy (non-hydrogen) atoms. The normalized spacial score (nSPS) is 12.5. The Balaban J connectivity index is 1.44. The first-order valence-electron chi connectivity index (χ1n) is 8.05. The molecule has 0 bridgehead atoms. The van der Waals surface area contributed by atoms with Gasteiger partial charge in [0.05, 0.1) is 11.0 Å². The highest BCUT2D eigenvalue weighted by molar-refractivity contribution is 7.99. The summed E-state index contributed by atoms with van der Waals surface area (Å²) in [5.74, 6) is 0.524. The molecule has 1 atom stereocenters. The summed E-state index contributed by atoms with van der Waals surface area (Å²) < 4.78 is 10.8. The lowest BCUT2D eigenvalue weighted by molar-refractivity contribution is 0.174. The molecule has 2 aromatic carbocycles. The summed E-state index contributed by atoms with van der Waals surface area (Å²) in [5, 5.41) is 11.7. The number of hydrogen-bond donors (Lipinski definition) is 2. The smallest absolute Gasteiger partial charge is 0.336 e. The van der Waals surface area contributed by atoms with Gasteiger partial charge >= 0.3 is 5.63 Å². The van der Waals surface area contributed by atoms with E-state index in [9.17, 15) is 9.90 Å². The second kappa shape index (κ2) is 6.86. The van der Waals surface area contributed by atoms with E-state index in [4.69, 9.17) is 9.15 Å². The predicted molar refractivity (Wildman–Crippen MR) is 101 cm³/mol. The zero-order valence-corrected chi connectivity index (χ0v) is 14.7. The van der Waals surface area contributed by atoms with Gasteiger partial charge in [-0.15, -0.1) is 0 Å². The van der Waals surface area contributed by atoms with Gasteiger partial charge in [0.15, 0.2) is 5.16 Å². The van der Waals surface area contributed by atoms with E-state index in [0.717, 1.165) is 22.0 Å². The summed E-state index contributed by atoms with van der Waals surface area (Å²) in [7, 11) is 0. The van der Waals surface area contributed by atoms with Gasteiger partial charge in [-0.1, -0.05) is 23.9 Å². The summed E-state index contributed by atoms with van der Waals surface area (Å²) >= 11 is 1.19. The van der Waals surface area contributed by atoms with Crippen LogP contribution in [0.25, 0.3) is 22.0 Å². The van der Waals surface area contributed by atoms with Crippen LogP contribution in [0.4, 0.5) is 0 Å². The Hall–Kier alpha value is -2.77. The van der Waals surface area contributed by atoms with Gasteiger partial charge in [-0.05, 0) is 36.8 Å². The van der Waals surface area contributed by atoms with Crippen molar-refractivity contribution in [1.82, 2.24) is 9.97 Å². The number of imidazole rings is 1. The van der Waals surface area contributed by atoms with Crippen molar-refractivity contribution >= 4 is 33.8 Å². The van der Waals surface area contributed by atoms with Crippen molar-refractivity contribution in [2.75, 3.05) is 6.61 Å². The maximum Gasteiger partial charge on any atom is 0.336 e. The Morgan fingerprint density at radius 1 is 1.27 bits per heavy atom. The van der Waals surface area contributed by atoms with Gasteiger partial charge < -0.3 is 19.2 Å². The van der Waals surface area contributed by atoms with E-state index in [-0.39, 0.29) is 6.61 Å². The van der Waals surface area contributed by atoms with E-state index in [1.165, 1.54) is 17.8 Å². The van der Waals surface area contributed by atoms with Crippen molar-refractivity contribution in [3.63, 3.8) is 0 Å². The van der Waals surface area contributed by atoms with Gasteiger partial charge in [0.25, 0.3) is 0 Å². The number of aromatic nitrogens is 2. The molecule has 4 aromatic rings. The number of hydrogen-bond acceptors (Lipinski definition) is 6. The lowest BCUT2D eigenvalue weighted by atomic mass is 10.1. The summed E-state index contributed by atoms with van der Waals surface area (Å²) in [5.41, 5.74) is 1.89. The van der Waals surface area contributed by atoms with Crippen molar-refractivity contribution in [3.8, 4) is 5.75 Å². The third-order valence-corrected chi connectivity index (χ3v) is 4.76. The van der Waals surface area contributed by atoms with E-state index in [1.807, 2.05) is 37.3 Å². The summed E-state index contributed by atoms with van der Waals surface area (Å²) in [6.45, 7) is 1.93. The second-order valence-corrected chi connectivity index (χ2v) is 7.02. The van der Waals surface area contributed by atoms with Gasteiger partial charge in [0.1, 0.15) is 23.4 Å². The third kappa shape index (κ3) is 3.44. The molecular weight excluding hydrogens is 352 g/mol. The van der Waals surface area contributed by atoms with E-state index < -0.39 is 11.1 Å². The predicted octanol–water partition coefficient (Wildman–Crippen LogP) is 3.47. The quantitative estimate of drug-likeness (QED) is 0.319. The fourth-order valence-corrected chi connectivity index (χ4v) is 3.42. The number of ether oxygens (including phenoxy) is 1. The van der Waals surface area contributed by atoms with Gasteiger partial charge in [0.2, 0.25) is 0 Å². The number of aryl methyl sites for hydroxylation is 1. The molecule has 0 aliphatic rings. The first-order chi connectivity index (χ1) is 12.6. The zero-order valence-electron chi connectivity index (χ0n) is 13.9. The number of aliphatic hydroxyl groups is 1. The summed E-state index contributed by atoms with van der Waals surface area (Å²) in [6.07, 6.45) is 0. The van der Waals surface area contributed by atoms with E-state index >= 15 is 0 Å². The molecule has 0 spiro atoms. The molecule has 2 aromatic heterocycles. The third-order valence-electron chi connectivity index (χ3n) is 3.93. The highest BCUT2D eigenvalue weighted by Crippen LogP contribution is 2.25. The Bertz CT molecular complexity index is 1100. The fraction of sp³-hybridized carbons (Fsp3) is 0.158. The molecule has 0 saturated heterocycles. The second-order valence-electron chi connectivity index (χ2n) is 5.85. The van der Waals surface area contributed by atoms with Crippen molar-refractivity contribution < 1.29 is 14.3 Å². The number of nitrogens with one attached hydrogen (secondary N) is 1. The van der Waals surface area contributed by atoms with Gasteiger partial charge in [-0.3, -0.25) is 0 Å². The van der Waals surface area contributed by atoms with Crippen molar-refractivity contribution in [2.24, 2.45) is 0 Å². The van der Waals surface area contributed by atoms with Crippen molar-refractivity contribution in [3.05, 3.63) is 64.5 Å². The Kier molecular flexibility index (Phi) is 4.40. The number of thioether (sulfide) groups is 1. The molecule has 0 radical (unpaired) electrons. The van der Waals surface area contributed by atoms with Crippen LogP contribution in [0.3, 0.4) is 0 Å². The minimum atomic E-state index is -0.796. The number of para-hydroxylation sites is 2. The van der Waals surface area contributed by atoms with Crippen LogP contribution in [0.2, 0.25) is 0 Å². The number of aliphatic hydroxyl groups excluding tert-OH is 1. The van der Waals surface area contributed by atoms with Crippen LogP contribution in [0.5, 0.6) is 5.75 Å². The van der Waals surface area contributed by atoms with E-state index in [1.54, 1.807) is 12.1 Å². The molecule has 0 fully saturated rings. The van der Waals surface area contributed by atoms with Crippen LogP contribution in [0.15, 0.2) is 62.9 Å². The molecule has 6 nitrogen and oxygen atoms in total. The Morgan fingerprint density at radius 2 is 2.12 bits per heavy atom. The number of fused-ring (bicyclic) bond motifs is 2. The Morgan fingerprint density at radius 3 is 2.96 bits per heavy atom. The largest absolute Gasteiger partial charge is 0.490 e. The molecule has 2 N–H and O–H groups in total. The average molecular weight is 368 g/mol. The van der Waals surface area contributed by atoms with Crippen LogP contribution in [-0.2, 0) is 0 Å². The van der Waals surface area contributed by atoms with Crippen LogP contribution in [0.1, 0.15) is 5.56 Å². The highest BCUT2D eigenvalue weighted by Gasteiger charge is 2.12. The lowest BCUT2D eigenvalue weighted by Gasteiger charge is -2.11. The summed E-state index contributed by atoms with van der Waals surface area (Å²) in [6, 6.07) is 14.4. The van der Waals surface area contributed by atoms with Crippen molar-refractivity contribution in [1.29, 1.82) is 0 Å². The maximum absolute atomic E-state index is 11.5. The van der Waals surface area contributed by atoms with Crippen molar-refractivity contribution in [2.45, 2.75) is 17.5 Å². The molecule has 2 heterocycles. The standard InChI is InChI=1S/C19H16N2O4S/c1-11-8-17(22)25-16-9-12(6-7-13(11)16)24-10-18(23)26-19-20-14-4-2-3-5-15(14)21-19/h2-9,18,23H,10H2,1H3,(H,20,21). The van der Waals surface area contributed by atoms with Crippen LogP contribution in [-0.4, -0.2) is 27.1 Å². The number of H-pyrrole nitrogens is 1. The Labute approximate surface area is 152 Å². The number of rotatable bonds is 5. The molecule has 0 saturated carbocycles. The first-order valence-corrected chi connectivity index (χ1v) is 8.93. The average Bonchev–Trinajstić information content (AvgIpc) is 3.01. The van der Waals surface area contributed by atoms with Gasteiger partial charge in [-0.2, -0.15) is 0 Å². The zero-order chi connectivity index (χ0) is 18.1. The topological polar surface area (TPSA) is 88.3 Å². The number of aromatic amines is 1. The molecule has 0 aliphatic carbocycles. The molecular formula is C19H16N2O4S. The number of nitrogens with zero attached hydrogens (tertiary/aromatic N) is 1. The van der Waals surface area contributed by atoms with Gasteiger partial charge in [-0.25, -0.2) is 9.78 Å². The molecule has 4 rings (SSSR count).